The molecule has 0 bridgehead atoms. The van der Waals surface area contributed by atoms with Crippen LogP contribution in [-0.2, 0) is 0 Å². The van der Waals surface area contributed by atoms with Crippen LogP contribution in [0.2, 0.25) is 0 Å². The predicted molar refractivity (Wildman–Crippen MR) is 71.2 cm³/mol. The zero-order chi connectivity index (χ0) is 15.3. The van der Waals surface area contributed by atoms with Crippen molar-refractivity contribution in [2.75, 3.05) is 5.32 Å². The lowest BCUT2D eigenvalue weighted by atomic mass is 10.1. The van der Waals surface area contributed by atoms with Crippen LogP contribution in [0.4, 0.5) is 15.8 Å². The molecule has 0 saturated carbocycles. The summed E-state index contributed by atoms with van der Waals surface area (Å²) in [4.78, 5) is 21.0. The molecule has 0 aliphatic rings. The molecule has 1 aromatic rings. The molecule has 0 amide bonds. The van der Waals surface area contributed by atoms with Crippen molar-refractivity contribution >= 4 is 17.3 Å². The van der Waals surface area contributed by atoms with Crippen molar-refractivity contribution in [3.63, 3.8) is 0 Å². The molecule has 0 aliphatic heterocycles. The van der Waals surface area contributed by atoms with Crippen LogP contribution in [0.5, 0.6) is 0 Å². The quantitative estimate of drug-likeness (QED) is 0.474. The van der Waals surface area contributed by atoms with E-state index in [1.54, 1.807) is 0 Å². The van der Waals surface area contributed by atoms with E-state index in [4.69, 9.17) is 11.5 Å². The van der Waals surface area contributed by atoms with Gasteiger partial charge in [0.2, 0.25) is 0 Å². The number of nitrogens with zero attached hydrogens (tertiary/aromatic N) is 1. The third-order valence-electron chi connectivity index (χ3n) is 2.73. The first-order chi connectivity index (χ1) is 9.40. The summed E-state index contributed by atoms with van der Waals surface area (Å²) in [5.41, 5.74) is -1.22. The number of rotatable bonds is 6. The van der Waals surface area contributed by atoms with Gasteiger partial charge in [0, 0.05) is 12.5 Å². The van der Waals surface area contributed by atoms with Crippen molar-refractivity contribution in [1.29, 1.82) is 0 Å². The number of terminal acetylenes is 1. The fourth-order valence-electron chi connectivity index (χ4n) is 1.65. The molecule has 0 saturated heterocycles. The molecule has 0 fully saturated rings. The van der Waals surface area contributed by atoms with E-state index < -0.39 is 28.0 Å². The molecule has 2 N–H and O–H groups in total. The van der Waals surface area contributed by atoms with Crippen LogP contribution in [0.3, 0.4) is 0 Å². The SMILES string of the molecule is C#CCC(CC)Nc1cc(C(=O)O)c(F)cc1[N+](=O)[O-]. The number of anilines is 1. The molecule has 0 aromatic heterocycles. The van der Waals surface area contributed by atoms with Gasteiger partial charge < -0.3 is 10.4 Å². The van der Waals surface area contributed by atoms with Crippen LogP contribution in [0.1, 0.15) is 30.1 Å². The van der Waals surface area contributed by atoms with Crippen LogP contribution in [-0.4, -0.2) is 22.0 Å². The van der Waals surface area contributed by atoms with E-state index >= 15 is 0 Å². The summed E-state index contributed by atoms with van der Waals surface area (Å²) in [5.74, 6) is -0.234. The molecule has 20 heavy (non-hydrogen) atoms. The maximum atomic E-state index is 13.5. The Hall–Kier alpha value is -2.62. The lowest BCUT2D eigenvalue weighted by Crippen LogP contribution is -2.19. The Morgan fingerprint density at radius 2 is 2.30 bits per heavy atom. The molecule has 1 unspecified atom stereocenters. The van der Waals surface area contributed by atoms with Gasteiger partial charge in [-0.1, -0.05) is 6.92 Å². The van der Waals surface area contributed by atoms with E-state index in [1.165, 1.54) is 0 Å². The van der Waals surface area contributed by atoms with Crippen LogP contribution >= 0.6 is 0 Å². The fraction of sp³-hybridized carbons (Fsp3) is 0.308. The maximum Gasteiger partial charge on any atom is 0.338 e. The van der Waals surface area contributed by atoms with Gasteiger partial charge in [-0.15, -0.1) is 12.3 Å². The summed E-state index contributed by atoms with van der Waals surface area (Å²) in [7, 11) is 0. The highest BCUT2D eigenvalue weighted by molar-refractivity contribution is 5.90. The number of nitro groups is 1. The molecule has 0 aliphatic carbocycles. The van der Waals surface area contributed by atoms with E-state index in [2.05, 4.69) is 11.2 Å². The van der Waals surface area contributed by atoms with Gasteiger partial charge in [-0.25, -0.2) is 9.18 Å². The summed E-state index contributed by atoms with van der Waals surface area (Å²) in [6, 6.07) is 1.24. The van der Waals surface area contributed by atoms with Crippen molar-refractivity contribution in [2.24, 2.45) is 0 Å². The van der Waals surface area contributed by atoms with E-state index in [1.807, 2.05) is 6.92 Å². The van der Waals surface area contributed by atoms with Gasteiger partial charge in [0.1, 0.15) is 11.5 Å². The minimum absolute atomic E-state index is 0.0594. The second-order valence-corrected chi connectivity index (χ2v) is 4.07. The molecule has 1 aromatic carbocycles. The number of nitrogens with one attached hydrogen (secondary N) is 1. The average Bonchev–Trinajstić information content (AvgIpc) is 2.38. The Kier molecular flexibility index (Phi) is 5.03. The number of carboxylic acids is 1. The average molecular weight is 280 g/mol. The first-order valence-electron chi connectivity index (χ1n) is 5.81. The topological polar surface area (TPSA) is 92.5 Å². The smallest absolute Gasteiger partial charge is 0.338 e. The molecule has 106 valence electrons. The summed E-state index contributed by atoms with van der Waals surface area (Å²) < 4.78 is 13.5. The first kappa shape index (κ1) is 15.4. The molecule has 0 radical (unpaired) electrons. The third kappa shape index (κ3) is 3.45. The largest absolute Gasteiger partial charge is 0.478 e. The predicted octanol–water partition coefficient (Wildman–Crippen LogP) is 2.65. The summed E-state index contributed by atoms with van der Waals surface area (Å²) in [6.07, 6.45) is 6.08. The van der Waals surface area contributed by atoms with Crippen molar-refractivity contribution in [2.45, 2.75) is 25.8 Å². The van der Waals surface area contributed by atoms with Gasteiger partial charge in [-0.3, -0.25) is 10.1 Å². The molecule has 1 atom stereocenters. The van der Waals surface area contributed by atoms with E-state index in [9.17, 15) is 19.3 Å². The van der Waals surface area contributed by atoms with Gasteiger partial charge in [-0.05, 0) is 12.5 Å². The van der Waals surface area contributed by atoms with Crippen LogP contribution < -0.4 is 5.32 Å². The van der Waals surface area contributed by atoms with Crippen molar-refractivity contribution < 1.29 is 19.2 Å². The fourth-order valence-corrected chi connectivity index (χ4v) is 1.65. The van der Waals surface area contributed by atoms with Gasteiger partial charge in [0.15, 0.2) is 0 Å². The Bertz CT molecular complexity index is 580. The number of carboxylic acid groups (broad SMARTS) is 1. The number of hydrogen-bond donors (Lipinski definition) is 2. The Labute approximate surface area is 114 Å². The highest BCUT2D eigenvalue weighted by Gasteiger charge is 2.22. The van der Waals surface area contributed by atoms with E-state index in [0.29, 0.717) is 18.9 Å². The van der Waals surface area contributed by atoms with Crippen molar-refractivity contribution in [3.8, 4) is 12.3 Å². The van der Waals surface area contributed by atoms with Crippen LogP contribution in [0, 0.1) is 28.3 Å². The minimum Gasteiger partial charge on any atom is -0.478 e. The van der Waals surface area contributed by atoms with Crippen molar-refractivity contribution in [3.05, 3.63) is 33.6 Å². The Morgan fingerprint density at radius 3 is 2.75 bits per heavy atom. The monoisotopic (exact) mass is 280 g/mol. The van der Waals surface area contributed by atoms with Gasteiger partial charge in [0.25, 0.3) is 5.69 Å². The molecule has 7 heteroatoms. The molecular weight excluding hydrogens is 267 g/mol. The van der Waals surface area contributed by atoms with Gasteiger partial charge in [-0.2, -0.15) is 0 Å². The van der Waals surface area contributed by atoms with E-state index in [-0.39, 0.29) is 11.7 Å². The van der Waals surface area contributed by atoms with Gasteiger partial charge >= 0.3 is 5.97 Å². The highest BCUT2D eigenvalue weighted by Crippen LogP contribution is 2.29. The zero-order valence-corrected chi connectivity index (χ0v) is 10.7. The number of nitro benzene ring substituents is 1. The first-order valence-corrected chi connectivity index (χ1v) is 5.81. The normalized spacial score (nSPS) is 11.4. The Balaban J connectivity index is 3.27. The minimum atomic E-state index is -1.49. The Morgan fingerprint density at radius 1 is 1.65 bits per heavy atom. The van der Waals surface area contributed by atoms with Crippen LogP contribution in [0.25, 0.3) is 0 Å². The van der Waals surface area contributed by atoms with Gasteiger partial charge in [0.05, 0.1) is 16.6 Å². The second-order valence-electron chi connectivity index (χ2n) is 4.07. The second kappa shape index (κ2) is 6.52. The summed E-state index contributed by atoms with van der Waals surface area (Å²) >= 11 is 0. The lowest BCUT2D eigenvalue weighted by Gasteiger charge is -2.16. The van der Waals surface area contributed by atoms with Crippen LogP contribution in [0.15, 0.2) is 12.1 Å². The number of halogens is 1. The standard InChI is InChI=1S/C13H13FN2O4/c1-3-5-8(4-2)15-11-6-9(13(17)18)10(14)7-12(11)16(19)20/h1,6-8,15H,4-5H2,2H3,(H,17,18). The number of hydrogen-bond acceptors (Lipinski definition) is 4. The number of carbonyl (C=O) groups is 1. The zero-order valence-electron chi connectivity index (χ0n) is 10.7. The molecule has 6 nitrogen and oxygen atoms in total. The van der Waals surface area contributed by atoms with E-state index in [0.717, 1.165) is 6.07 Å². The number of benzene rings is 1. The molecule has 1 rings (SSSR count). The maximum absolute atomic E-state index is 13.5. The third-order valence-corrected chi connectivity index (χ3v) is 2.73. The molecular formula is C13H13FN2O4. The highest BCUT2D eigenvalue weighted by atomic mass is 19.1. The van der Waals surface area contributed by atoms with Crippen molar-refractivity contribution in [1.82, 2.24) is 0 Å². The summed E-state index contributed by atoms with van der Waals surface area (Å²) in [6.45, 7) is 1.82. The molecule has 0 heterocycles. The summed E-state index contributed by atoms with van der Waals surface area (Å²) in [5, 5.41) is 22.5. The number of aromatic carboxylic acids is 1. The molecule has 0 spiro atoms. The lowest BCUT2D eigenvalue weighted by molar-refractivity contribution is -0.384.